The topological polar surface area (TPSA) is 85.4 Å². The van der Waals surface area contributed by atoms with Crippen molar-refractivity contribution in [1.82, 2.24) is 4.98 Å². The van der Waals surface area contributed by atoms with Gasteiger partial charge >= 0.3 is 0 Å². The number of aromatic nitrogens is 1. The molecule has 9 heteroatoms. The fraction of sp³-hybridized carbons (Fsp3) is 0.217. The van der Waals surface area contributed by atoms with E-state index in [0.29, 0.717) is 0 Å². The van der Waals surface area contributed by atoms with Gasteiger partial charge in [-0.1, -0.05) is 38.4 Å². The van der Waals surface area contributed by atoms with Crippen LogP contribution in [0.15, 0.2) is 59.8 Å². The van der Waals surface area contributed by atoms with Gasteiger partial charge in [-0.2, -0.15) is 0 Å². The third-order valence-corrected chi connectivity index (χ3v) is 5.98. The van der Waals surface area contributed by atoms with E-state index >= 15 is 0 Å². The minimum atomic E-state index is -3.49. The highest BCUT2D eigenvalue weighted by atomic mass is 35.5. The Labute approximate surface area is 192 Å². The van der Waals surface area contributed by atoms with Crippen LogP contribution in [0, 0.1) is 5.82 Å². The molecule has 170 valence electrons. The van der Waals surface area contributed by atoms with E-state index in [1.54, 1.807) is 18.2 Å². The zero-order valence-corrected chi connectivity index (χ0v) is 19.5. The largest absolute Gasteiger partial charge is 0.455 e. The summed E-state index contributed by atoms with van der Waals surface area (Å²) in [6, 6.07) is 10.2. The molecule has 0 aliphatic carbocycles. The molecule has 3 rings (SSSR count). The average molecular weight is 479 g/mol. The molecule has 0 fully saturated rings. The summed E-state index contributed by atoms with van der Waals surface area (Å²) in [4.78, 5) is 16.9. The molecule has 0 spiro atoms. The lowest BCUT2D eigenvalue weighted by Gasteiger charge is -2.21. The lowest BCUT2D eigenvalue weighted by atomic mass is 9.86. The number of nitrogens with one attached hydrogen (secondary N) is 1. The molecule has 0 unspecified atom stereocenters. The van der Waals surface area contributed by atoms with Crippen molar-refractivity contribution in [3.8, 4) is 11.5 Å². The first-order valence-corrected chi connectivity index (χ1v) is 11.9. The van der Waals surface area contributed by atoms with E-state index in [9.17, 15) is 17.6 Å². The summed E-state index contributed by atoms with van der Waals surface area (Å²) in [6.07, 6.45) is 3.60. The second-order valence-corrected chi connectivity index (χ2v) is 10.7. The van der Waals surface area contributed by atoms with Crippen LogP contribution in [0.4, 0.5) is 10.1 Å². The smallest absolute Gasteiger partial charge is 0.259 e. The highest BCUT2D eigenvalue weighted by Crippen LogP contribution is 2.35. The number of carbonyl (C=O) groups is 1. The first-order chi connectivity index (χ1) is 14.8. The van der Waals surface area contributed by atoms with Crippen LogP contribution in [0.25, 0.3) is 0 Å². The maximum absolute atomic E-state index is 13.4. The Balaban J connectivity index is 0.00000385. The molecule has 0 radical (unpaired) electrons. The van der Waals surface area contributed by atoms with Gasteiger partial charge in [0.05, 0.1) is 27.4 Å². The van der Waals surface area contributed by atoms with Crippen molar-refractivity contribution in [2.75, 3.05) is 11.6 Å². The highest BCUT2D eigenvalue weighted by molar-refractivity contribution is 7.90. The number of amides is 1. The lowest BCUT2D eigenvalue weighted by Crippen LogP contribution is -2.16. The van der Waals surface area contributed by atoms with Gasteiger partial charge in [-0.05, 0) is 47.4 Å². The lowest BCUT2D eigenvalue weighted by molar-refractivity contribution is 0.102. The van der Waals surface area contributed by atoms with Gasteiger partial charge < -0.3 is 10.1 Å². The minimum Gasteiger partial charge on any atom is -0.455 e. The minimum absolute atomic E-state index is 0. The third-order valence-electron chi connectivity index (χ3n) is 4.61. The third kappa shape index (κ3) is 5.63. The number of halogens is 2. The fourth-order valence-electron chi connectivity index (χ4n) is 2.83. The SMILES string of the molecule is CC(C)(C)c1ccc(C(=O)Nc2cncc(S(C)(=O)=O)c2)c(Oc2ccc(F)cc2Cl)c1.[HH]. The number of pyridine rings is 1. The van der Waals surface area contributed by atoms with Gasteiger partial charge in [0.2, 0.25) is 0 Å². The van der Waals surface area contributed by atoms with Gasteiger partial charge in [-0.15, -0.1) is 0 Å². The summed E-state index contributed by atoms with van der Waals surface area (Å²) in [6.45, 7) is 6.04. The zero-order valence-electron chi connectivity index (χ0n) is 17.9. The van der Waals surface area contributed by atoms with Crippen molar-refractivity contribution >= 4 is 33.0 Å². The van der Waals surface area contributed by atoms with Crippen LogP contribution >= 0.6 is 11.6 Å². The number of nitrogens with zero attached hydrogens (tertiary/aromatic N) is 1. The van der Waals surface area contributed by atoms with Crippen LogP contribution in [0.1, 0.15) is 38.1 Å². The molecule has 0 bridgehead atoms. The standard InChI is InChI=1S/C23H22ClFN2O4S.H2/c1-23(2,3)14-5-7-18(21(9-14)31-20-8-6-15(25)10-19(20)24)22(28)27-16-11-17(13-26-12-16)32(4,29)30;/h5-13H,1-4H3,(H,27,28);1H. The molecule has 6 nitrogen and oxygen atoms in total. The molecule has 0 atom stereocenters. The first-order valence-electron chi connectivity index (χ1n) is 9.58. The Kier molecular flexibility index (Phi) is 6.57. The Hall–Kier alpha value is -2.97. The molecule has 1 aromatic heterocycles. The fourth-order valence-corrected chi connectivity index (χ4v) is 3.62. The predicted molar refractivity (Wildman–Crippen MR) is 124 cm³/mol. The molecule has 1 amide bonds. The molecule has 0 aliphatic rings. The second-order valence-electron chi connectivity index (χ2n) is 8.27. The molecule has 3 aromatic rings. The van der Waals surface area contributed by atoms with E-state index in [-0.39, 0.29) is 39.5 Å². The number of sulfone groups is 1. The average Bonchev–Trinajstić information content (AvgIpc) is 2.69. The Morgan fingerprint density at radius 3 is 2.44 bits per heavy atom. The van der Waals surface area contributed by atoms with Crippen molar-refractivity contribution < 1.29 is 23.8 Å². The Morgan fingerprint density at radius 2 is 1.81 bits per heavy atom. The first kappa shape index (κ1) is 23.7. The molecular formula is C23H24ClFN2O4S. The maximum Gasteiger partial charge on any atom is 0.259 e. The number of hydrogen-bond acceptors (Lipinski definition) is 5. The van der Waals surface area contributed by atoms with E-state index in [1.807, 2.05) is 20.8 Å². The number of rotatable bonds is 5. The van der Waals surface area contributed by atoms with E-state index in [0.717, 1.165) is 17.9 Å². The summed E-state index contributed by atoms with van der Waals surface area (Å²) >= 11 is 6.10. The molecule has 0 saturated carbocycles. The predicted octanol–water partition coefficient (Wildman–Crippen LogP) is 5.87. The molecule has 1 N–H and O–H groups in total. The van der Waals surface area contributed by atoms with Gasteiger partial charge in [0, 0.05) is 13.9 Å². The monoisotopic (exact) mass is 478 g/mol. The van der Waals surface area contributed by atoms with Crippen LogP contribution < -0.4 is 10.1 Å². The maximum atomic E-state index is 13.4. The van der Waals surface area contributed by atoms with Crippen LogP contribution in [0.3, 0.4) is 0 Å². The van der Waals surface area contributed by atoms with E-state index in [2.05, 4.69) is 10.3 Å². The molecule has 0 aliphatic heterocycles. The van der Waals surface area contributed by atoms with Crippen molar-refractivity contribution in [3.05, 3.63) is 76.8 Å². The number of anilines is 1. The summed E-state index contributed by atoms with van der Waals surface area (Å²) in [5, 5.41) is 2.70. The summed E-state index contributed by atoms with van der Waals surface area (Å²) in [7, 11) is -3.49. The Bertz CT molecular complexity index is 1290. The van der Waals surface area contributed by atoms with Gasteiger partial charge in [0.15, 0.2) is 9.84 Å². The summed E-state index contributed by atoms with van der Waals surface area (Å²) < 4.78 is 42.9. The van der Waals surface area contributed by atoms with Gasteiger partial charge in [-0.3, -0.25) is 9.78 Å². The van der Waals surface area contributed by atoms with Gasteiger partial charge in [0.1, 0.15) is 17.3 Å². The summed E-state index contributed by atoms with van der Waals surface area (Å²) in [5.74, 6) is -0.641. The van der Waals surface area contributed by atoms with E-state index in [4.69, 9.17) is 16.3 Å². The van der Waals surface area contributed by atoms with Crippen molar-refractivity contribution in [2.45, 2.75) is 31.1 Å². The normalized spacial score (nSPS) is 11.8. The van der Waals surface area contributed by atoms with Crippen LogP contribution in [0.5, 0.6) is 11.5 Å². The quantitative estimate of drug-likeness (QED) is 0.496. The van der Waals surface area contributed by atoms with E-state index < -0.39 is 21.6 Å². The van der Waals surface area contributed by atoms with Gasteiger partial charge in [-0.25, -0.2) is 12.8 Å². The number of benzene rings is 2. The number of hydrogen-bond donors (Lipinski definition) is 1. The van der Waals surface area contributed by atoms with Crippen LogP contribution in [-0.4, -0.2) is 25.6 Å². The van der Waals surface area contributed by atoms with E-state index in [1.165, 1.54) is 30.6 Å². The van der Waals surface area contributed by atoms with Crippen molar-refractivity contribution in [1.29, 1.82) is 0 Å². The summed E-state index contributed by atoms with van der Waals surface area (Å²) in [5.41, 5.74) is 1.07. The molecular weight excluding hydrogens is 455 g/mol. The highest BCUT2D eigenvalue weighted by Gasteiger charge is 2.21. The van der Waals surface area contributed by atoms with Crippen molar-refractivity contribution in [3.63, 3.8) is 0 Å². The second kappa shape index (κ2) is 8.88. The van der Waals surface area contributed by atoms with Gasteiger partial charge in [0.25, 0.3) is 5.91 Å². The zero-order chi connectivity index (χ0) is 23.7. The van der Waals surface area contributed by atoms with Crippen molar-refractivity contribution in [2.24, 2.45) is 0 Å². The molecule has 2 aromatic carbocycles. The van der Waals surface area contributed by atoms with Crippen LogP contribution in [-0.2, 0) is 15.3 Å². The molecule has 32 heavy (non-hydrogen) atoms. The Morgan fingerprint density at radius 1 is 1.09 bits per heavy atom. The van der Waals surface area contributed by atoms with Crippen LogP contribution in [0.2, 0.25) is 5.02 Å². The number of ether oxygens (including phenoxy) is 1. The molecule has 0 saturated heterocycles. The number of carbonyl (C=O) groups excluding carboxylic acids is 1. The molecule has 1 heterocycles.